The molecule has 1 aromatic carbocycles. The quantitative estimate of drug-likeness (QED) is 0.843. The molecule has 30 heavy (non-hydrogen) atoms. The molecule has 3 aliphatic heterocycles. The van der Waals surface area contributed by atoms with Crippen LogP contribution in [-0.2, 0) is 9.53 Å². The van der Waals surface area contributed by atoms with Crippen LogP contribution < -0.4 is 0 Å². The van der Waals surface area contributed by atoms with Crippen molar-refractivity contribution >= 4 is 22.7 Å². The van der Waals surface area contributed by atoms with Crippen molar-refractivity contribution in [3.05, 3.63) is 36.0 Å². The summed E-state index contributed by atoms with van der Waals surface area (Å²) in [6, 6.07) is 7.82. The van der Waals surface area contributed by atoms with E-state index in [1.807, 2.05) is 40.3 Å². The van der Waals surface area contributed by atoms with Crippen LogP contribution in [0.4, 0.5) is 0 Å². The van der Waals surface area contributed by atoms with E-state index in [0.29, 0.717) is 31.3 Å². The number of amides is 2. The number of carbonyl (C=O) groups excluding carboxylic acids is 2. The van der Waals surface area contributed by atoms with Gasteiger partial charge in [0.15, 0.2) is 0 Å². The first kappa shape index (κ1) is 19.6. The number of aromatic nitrogens is 1. The molecule has 0 bridgehead atoms. The number of fused-ring (bicyclic) bond motifs is 1. The second kappa shape index (κ2) is 8.06. The minimum atomic E-state index is -0.162. The Morgan fingerprint density at radius 2 is 1.87 bits per heavy atom. The zero-order valence-corrected chi connectivity index (χ0v) is 17.6. The third kappa shape index (κ3) is 3.73. The number of ether oxygens (including phenoxy) is 1. The van der Waals surface area contributed by atoms with E-state index in [4.69, 9.17) is 4.74 Å². The molecule has 0 aliphatic carbocycles. The molecule has 4 heterocycles. The molecule has 3 saturated heterocycles. The lowest BCUT2D eigenvalue weighted by Crippen LogP contribution is -2.51. The van der Waals surface area contributed by atoms with Gasteiger partial charge in [-0.25, -0.2) is 0 Å². The van der Waals surface area contributed by atoms with Crippen LogP contribution in [-0.4, -0.2) is 65.0 Å². The van der Waals surface area contributed by atoms with Crippen molar-refractivity contribution in [3.63, 3.8) is 0 Å². The number of nitrogens with zero attached hydrogens (tertiary/aromatic N) is 2. The molecule has 5 rings (SSSR count). The van der Waals surface area contributed by atoms with Gasteiger partial charge in [-0.05, 0) is 62.6 Å². The van der Waals surface area contributed by atoms with E-state index in [-0.39, 0.29) is 11.5 Å². The van der Waals surface area contributed by atoms with Crippen LogP contribution >= 0.6 is 0 Å². The zero-order valence-electron chi connectivity index (χ0n) is 17.6. The average Bonchev–Trinajstić information content (AvgIpc) is 3.46. The first-order valence-corrected chi connectivity index (χ1v) is 11.4. The summed E-state index contributed by atoms with van der Waals surface area (Å²) in [7, 11) is 0. The highest BCUT2D eigenvalue weighted by Gasteiger charge is 2.42. The number of hydrogen-bond donors (Lipinski definition) is 1. The Labute approximate surface area is 177 Å². The molecule has 1 aromatic heterocycles. The van der Waals surface area contributed by atoms with Crippen LogP contribution in [0.1, 0.15) is 55.3 Å². The third-order valence-corrected chi connectivity index (χ3v) is 7.30. The van der Waals surface area contributed by atoms with Crippen LogP contribution in [0.2, 0.25) is 0 Å². The number of H-pyrrole nitrogens is 1. The summed E-state index contributed by atoms with van der Waals surface area (Å²) in [5.74, 6) is 0.830. The van der Waals surface area contributed by atoms with Gasteiger partial charge < -0.3 is 19.5 Å². The van der Waals surface area contributed by atoms with E-state index in [9.17, 15) is 9.59 Å². The molecule has 2 amide bonds. The van der Waals surface area contributed by atoms with E-state index in [1.54, 1.807) is 0 Å². The smallest absolute Gasteiger partial charge is 0.254 e. The Balaban J connectivity index is 1.21. The molecular formula is C24H31N3O3. The lowest BCUT2D eigenvalue weighted by Gasteiger charge is -2.46. The van der Waals surface area contributed by atoms with Crippen molar-refractivity contribution in [2.45, 2.75) is 50.5 Å². The first-order chi connectivity index (χ1) is 14.6. The van der Waals surface area contributed by atoms with Crippen molar-refractivity contribution in [2.24, 2.45) is 5.92 Å². The van der Waals surface area contributed by atoms with E-state index < -0.39 is 0 Å². The summed E-state index contributed by atoms with van der Waals surface area (Å²) in [5, 5.41) is 0.984. The number of piperidine rings is 1. The summed E-state index contributed by atoms with van der Waals surface area (Å²) in [6.45, 7) is 4.02. The van der Waals surface area contributed by atoms with Crippen LogP contribution in [0.25, 0.3) is 10.9 Å². The van der Waals surface area contributed by atoms with Crippen LogP contribution in [0.5, 0.6) is 0 Å². The Hall–Kier alpha value is -2.34. The molecule has 1 N–H and O–H groups in total. The minimum Gasteiger partial charge on any atom is -0.375 e. The summed E-state index contributed by atoms with van der Waals surface area (Å²) >= 11 is 0. The fraction of sp³-hybridized carbons (Fsp3) is 0.583. The highest BCUT2D eigenvalue weighted by atomic mass is 16.5. The highest BCUT2D eigenvalue weighted by Crippen LogP contribution is 2.39. The number of rotatable bonds is 3. The normalized spacial score (nSPS) is 23.9. The average molecular weight is 410 g/mol. The molecular weight excluding hydrogens is 378 g/mol. The van der Waals surface area contributed by atoms with Crippen LogP contribution in [0.15, 0.2) is 30.5 Å². The van der Waals surface area contributed by atoms with Gasteiger partial charge in [-0.15, -0.1) is 0 Å². The van der Waals surface area contributed by atoms with Gasteiger partial charge in [0.25, 0.3) is 5.91 Å². The molecule has 2 aromatic rings. The van der Waals surface area contributed by atoms with Crippen molar-refractivity contribution in [1.29, 1.82) is 0 Å². The number of nitrogens with one attached hydrogen (secondary N) is 1. The van der Waals surface area contributed by atoms with Gasteiger partial charge in [0.1, 0.15) is 0 Å². The molecule has 0 unspecified atom stereocenters. The Morgan fingerprint density at radius 1 is 1.07 bits per heavy atom. The third-order valence-electron chi connectivity index (χ3n) is 7.30. The molecule has 3 aliphatic rings. The second-order valence-corrected chi connectivity index (χ2v) is 9.22. The van der Waals surface area contributed by atoms with Gasteiger partial charge in [0.05, 0.1) is 5.60 Å². The largest absolute Gasteiger partial charge is 0.375 e. The Morgan fingerprint density at radius 3 is 2.67 bits per heavy atom. The number of likely N-dealkylation sites (tertiary alicyclic amines) is 2. The molecule has 6 heteroatoms. The Kier molecular flexibility index (Phi) is 5.27. The van der Waals surface area contributed by atoms with Crippen molar-refractivity contribution in [2.75, 3.05) is 32.8 Å². The lowest BCUT2D eigenvalue weighted by atomic mass is 9.78. The van der Waals surface area contributed by atoms with E-state index in [0.717, 1.165) is 74.7 Å². The standard InChI is InChI=1S/C24H31N3O3/c28-22(26-11-1-2-12-26)16-18-7-15-30-24(17-18)8-13-27(14-9-24)23(29)20-4-3-5-21-19(20)6-10-25-21/h3-6,10,18,25H,1-2,7-9,11-17H2/t18-/m1/s1. The lowest BCUT2D eigenvalue weighted by molar-refractivity contribution is -0.140. The van der Waals surface area contributed by atoms with E-state index in [1.165, 1.54) is 0 Å². The van der Waals surface area contributed by atoms with Gasteiger partial charge >= 0.3 is 0 Å². The highest BCUT2D eigenvalue weighted by molar-refractivity contribution is 6.06. The number of benzene rings is 1. The van der Waals surface area contributed by atoms with Gasteiger partial charge in [-0.1, -0.05) is 6.07 Å². The molecule has 160 valence electrons. The van der Waals surface area contributed by atoms with Crippen molar-refractivity contribution < 1.29 is 14.3 Å². The molecule has 0 saturated carbocycles. The monoisotopic (exact) mass is 409 g/mol. The molecule has 0 radical (unpaired) electrons. The van der Waals surface area contributed by atoms with Gasteiger partial charge in [0.2, 0.25) is 5.91 Å². The van der Waals surface area contributed by atoms with Crippen LogP contribution in [0.3, 0.4) is 0 Å². The van der Waals surface area contributed by atoms with Gasteiger partial charge in [0, 0.05) is 61.9 Å². The number of aromatic amines is 1. The second-order valence-electron chi connectivity index (χ2n) is 9.22. The number of carbonyl (C=O) groups is 2. The summed E-state index contributed by atoms with van der Waals surface area (Å²) in [4.78, 5) is 32.9. The van der Waals surface area contributed by atoms with E-state index in [2.05, 4.69) is 4.98 Å². The summed E-state index contributed by atoms with van der Waals surface area (Å²) < 4.78 is 6.27. The predicted molar refractivity (Wildman–Crippen MR) is 115 cm³/mol. The molecule has 1 spiro atoms. The maximum Gasteiger partial charge on any atom is 0.254 e. The van der Waals surface area contributed by atoms with Crippen molar-refractivity contribution in [1.82, 2.24) is 14.8 Å². The molecule has 6 nitrogen and oxygen atoms in total. The van der Waals surface area contributed by atoms with Crippen LogP contribution in [0, 0.1) is 5.92 Å². The predicted octanol–water partition coefficient (Wildman–Crippen LogP) is 3.58. The molecule has 1 atom stereocenters. The van der Waals surface area contributed by atoms with E-state index >= 15 is 0 Å². The van der Waals surface area contributed by atoms with Gasteiger partial charge in [-0.2, -0.15) is 0 Å². The topological polar surface area (TPSA) is 65.6 Å². The maximum absolute atomic E-state index is 13.2. The zero-order chi connectivity index (χ0) is 20.6. The van der Waals surface area contributed by atoms with Crippen molar-refractivity contribution in [3.8, 4) is 0 Å². The maximum atomic E-state index is 13.2. The first-order valence-electron chi connectivity index (χ1n) is 11.4. The summed E-state index contributed by atoms with van der Waals surface area (Å²) in [6.07, 6.45) is 8.46. The fourth-order valence-corrected chi connectivity index (χ4v) is 5.55. The summed E-state index contributed by atoms with van der Waals surface area (Å²) in [5.41, 5.74) is 1.60. The molecule has 3 fully saturated rings. The number of hydrogen-bond acceptors (Lipinski definition) is 3. The fourth-order valence-electron chi connectivity index (χ4n) is 5.55. The SMILES string of the molecule is O=C(C[C@H]1CCOC2(CCN(C(=O)c3cccc4[nH]ccc34)CC2)C1)N1CCCC1. The Bertz CT molecular complexity index is 923. The minimum absolute atomic E-state index is 0.103. The van der Waals surface area contributed by atoms with Gasteiger partial charge in [-0.3, -0.25) is 9.59 Å².